The number of Topliss-reactive ketones (excluding diaryl/α,β-unsaturated/α-hetero) is 1. The summed E-state index contributed by atoms with van der Waals surface area (Å²) in [5.74, 6) is 7.21. The fourth-order valence-corrected chi connectivity index (χ4v) is 8.04. The third-order valence-corrected chi connectivity index (χ3v) is 9.61. The molecule has 144 valence electrons. The molecule has 2 nitrogen and oxygen atoms in total. The van der Waals surface area contributed by atoms with Gasteiger partial charge in [-0.3, -0.25) is 4.79 Å². The van der Waals surface area contributed by atoms with E-state index in [1.54, 1.807) is 11.8 Å². The first kappa shape index (κ1) is 18.9. The zero-order chi connectivity index (χ0) is 18.6. The minimum Gasteiger partial charge on any atom is -0.351 e. The van der Waals surface area contributed by atoms with E-state index in [4.69, 9.17) is 11.2 Å². The first-order valence-corrected chi connectivity index (χ1v) is 11.9. The predicted molar refractivity (Wildman–Crippen MR) is 108 cm³/mol. The van der Waals surface area contributed by atoms with Crippen molar-refractivity contribution in [3.05, 3.63) is 0 Å². The van der Waals surface area contributed by atoms with Crippen molar-refractivity contribution in [1.29, 1.82) is 0 Å². The quantitative estimate of drug-likeness (QED) is 0.495. The maximum absolute atomic E-state index is 12.0. The zero-order valence-electron chi connectivity index (χ0n) is 16.7. The molecule has 0 amide bonds. The number of ether oxygens (including phenoxy) is 1. The smallest absolute Gasteiger partial charge is 0.135 e. The van der Waals surface area contributed by atoms with Gasteiger partial charge in [-0.2, -0.15) is 0 Å². The highest BCUT2D eigenvalue weighted by Crippen LogP contribution is 2.68. The van der Waals surface area contributed by atoms with Gasteiger partial charge in [0.25, 0.3) is 0 Å². The Morgan fingerprint density at radius 1 is 1.15 bits per heavy atom. The Morgan fingerprint density at radius 3 is 2.65 bits per heavy atom. The lowest BCUT2D eigenvalue weighted by atomic mass is 9.44. The Morgan fingerprint density at radius 2 is 1.92 bits per heavy atom. The lowest BCUT2D eigenvalue weighted by Gasteiger charge is -2.61. The molecule has 26 heavy (non-hydrogen) atoms. The Hall–Kier alpha value is -0.460. The Labute approximate surface area is 163 Å². The molecule has 0 aromatic carbocycles. The second kappa shape index (κ2) is 6.56. The summed E-state index contributed by atoms with van der Waals surface area (Å²) in [7, 11) is 0. The lowest BCUT2D eigenvalue weighted by Crippen LogP contribution is -2.56. The first-order chi connectivity index (χ1) is 12.4. The molecular weight excluding hydrogens is 340 g/mol. The number of hydrogen-bond donors (Lipinski definition) is 0. The molecule has 0 saturated heterocycles. The van der Waals surface area contributed by atoms with Gasteiger partial charge >= 0.3 is 0 Å². The van der Waals surface area contributed by atoms with Crippen LogP contribution in [0.15, 0.2) is 0 Å². The summed E-state index contributed by atoms with van der Waals surface area (Å²) in [5, 5.41) is 0. The van der Waals surface area contributed by atoms with Crippen LogP contribution in [0, 0.1) is 46.8 Å². The van der Waals surface area contributed by atoms with Crippen molar-refractivity contribution >= 4 is 17.5 Å². The van der Waals surface area contributed by atoms with E-state index in [0.29, 0.717) is 29.0 Å². The number of fused-ring (bicyclic) bond motifs is 5. The van der Waals surface area contributed by atoms with Crippen molar-refractivity contribution in [1.82, 2.24) is 0 Å². The molecule has 0 aromatic rings. The van der Waals surface area contributed by atoms with Crippen LogP contribution in [0.5, 0.6) is 0 Å². The molecular formula is C23H34O2S. The van der Waals surface area contributed by atoms with E-state index >= 15 is 0 Å². The summed E-state index contributed by atoms with van der Waals surface area (Å²) in [6, 6.07) is 0. The summed E-state index contributed by atoms with van der Waals surface area (Å²) in [4.78, 5) is 12.0. The van der Waals surface area contributed by atoms with E-state index in [1.165, 1.54) is 32.1 Å². The number of carbonyl (C=O) groups excluding carboxylic acids is 1. The van der Waals surface area contributed by atoms with Crippen LogP contribution >= 0.6 is 11.8 Å². The molecule has 4 aliphatic rings. The van der Waals surface area contributed by atoms with Gasteiger partial charge in [0.2, 0.25) is 0 Å². The van der Waals surface area contributed by atoms with E-state index in [0.717, 1.165) is 37.5 Å². The standard InChI is InChI=1S/C23H34O2S/c1-5-23(25-15-26-4)13-10-20-18-7-6-16-14-17(24)8-11-21(16,2)19(18)9-12-22(20,23)3/h1,16,18-20H,6-15H2,2-4H3/t16?,18-,19+,20+,21+,22+,23-/m1/s1. The van der Waals surface area contributed by atoms with Gasteiger partial charge in [-0.25, -0.2) is 0 Å². The van der Waals surface area contributed by atoms with Crippen molar-refractivity contribution in [2.24, 2.45) is 34.5 Å². The van der Waals surface area contributed by atoms with Crippen LogP contribution in [0.25, 0.3) is 0 Å². The van der Waals surface area contributed by atoms with Gasteiger partial charge in [-0.15, -0.1) is 18.2 Å². The number of carbonyl (C=O) groups is 1. The van der Waals surface area contributed by atoms with Crippen molar-refractivity contribution in [3.63, 3.8) is 0 Å². The SMILES string of the molecule is C#C[C@@]1(OCSC)CC[C@H]2[C@@H]3CCC4CC(=O)CC[C@]4(C)[C@H]3CC[C@@]21C. The summed E-state index contributed by atoms with van der Waals surface area (Å²) < 4.78 is 6.37. The van der Waals surface area contributed by atoms with Gasteiger partial charge in [0, 0.05) is 18.3 Å². The third kappa shape index (κ3) is 2.47. The number of rotatable bonds is 3. The van der Waals surface area contributed by atoms with Gasteiger partial charge in [0.1, 0.15) is 11.4 Å². The molecule has 4 aliphatic carbocycles. The maximum Gasteiger partial charge on any atom is 0.135 e. The van der Waals surface area contributed by atoms with Gasteiger partial charge in [-0.1, -0.05) is 19.8 Å². The molecule has 7 atom stereocenters. The monoisotopic (exact) mass is 374 g/mol. The lowest BCUT2D eigenvalue weighted by molar-refractivity contribution is -0.152. The van der Waals surface area contributed by atoms with Crippen LogP contribution in [-0.2, 0) is 9.53 Å². The van der Waals surface area contributed by atoms with Crippen LogP contribution in [0.2, 0.25) is 0 Å². The van der Waals surface area contributed by atoms with Gasteiger partial charge < -0.3 is 4.74 Å². The van der Waals surface area contributed by atoms with E-state index in [2.05, 4.69) is 26.0 Å². The molecule has 4 rings (SSSR count). The van der Waals surface area contributed by atoms with Gasteiger partial charge in [0.15, 0.2) is 0 Å². The molecule has 0 bridgehead atoms. The zero-order valence-corrected chi connectivity index (χ0v) is 17.5. The largest absolute Gasteiger partial charge is 0.351 e. The van der Waals surface area contributed by atoms with Crippen LogP contribution in [0.4, 0.5) is 0 Å². The van der Waals surface area contributed by atoms with Crippen LogP contribution in [-0.4, -0.2) is 23.6 Å². The molecule has 4 saturated carbocycles. The second-order valence-corrected chi connectivity index (χ2v) is 10.7. The van der Waals surface area contributed by atoms with Crippen molar-refractivity contribution < 1.29 is 9.53 Å². The number of thioether (sulfide) groups is 1. The average molecular weight is 375 g/mol. The Bertz CT molecular complexity index is 624. The van der Waals surface area contributed by atoms with Crippen molar-refractivity contribution in [2.45, 2.75) is 77.2 Å². The van der Waals surface area contributed by atoms with E-state index in [9.17, 15) is 4.79 Å². The molecule has 0 spiro atoms. The Kier molecular flexibility index (Phi) is 4.76. The van der Waals surface area contributed by atoms with E-state index < -0.39 is 0 Å². The minimum absolute atomic E-state index is 0.117. The summed E-state index contributed by atoms with van der Waals surface area (Å²) in [6.07, 6.45) is 18.2. The molecule has 0 heterocycles. The van der Waals surface area contributed by atoms with Crippen molar-refractivity contribution in [3.8, 4) is 12.3 Å². The molecule has 0 radical (unpaired) electrons. The first-order valence-electron chi connectivity index (χ1n) is 10.5. The molecule has 1 unspecified atom stereocenters. The fourth-order valence-electron chi connectivity index (χ4n) is 7.72. The third-order valence-electron chi connectivity index (χ3n) is 9.26. The highest BCUT2D eigenvalue weighted by Gasteiger charge is 2.65. The van der Waals surface area contributed by atoms with Crippen LogP contribution in [0.1, 0.15) is 71.6 Å². The normalized spacial score (nSPS) is 50.5. The maximum atomic E-state index is 12.0. The van der Waals surface area contributed by atoms with Crippen molar-refractivity contribution in [2.75, 3.05) is 12.2 Å². The fraction of sp³-hybridized carbons (Fsp3) is 0.870. The molecule has 0 aliphatic heterocycles. The highest BCUT2D eigenvalue weighted by molar-refractivity contribution is 7.98. The average Bonchev–Trinajstić information content (AvgIpc) is 2.93. The Balaban J connectivity index is 1.62. The molecule has 3 heteroatoms. The van der Waals surface area contributed by atoms with Gasteiger partial charge in [0.05, 0.1) is 5.94 Å². The van der Waals surface area contributed by atoms with Crippen LogP contribution in [0.3, 0.4) is 0 Å². The summed E-state index contributed by atoms with van der Waals surface area (Å²) >= 11 is 1.73. The molecule has 4 fully saturated rings. The van der Waals surface area contributed by atoms with E-state index in [1.807, 2.05) is 0 Å². The summed E-state index contributed by atoms with van der Waals surface area (Å²) in [5.41, 5.74) is 0.123. The number of terminal acetylenes is 1. The number of hydrogen-bond acceptors (Lipinski definition) is 3. The summed E-state index contributed by atoms with van der Waals surface area (Å²) in [6.45, 7) is 4.94. The minimum atomic E-state index is -0.369. The number of ketones is 1. The molecule has 0 N–H and O–H groups in total. The van der Waals surface area contributed by atoms with Gasteiger partial charge in [-0.05, 0) is 80.3 Å². The molecule has 0 aromatic heterocycles. The highest BCUT2D eigenvalue weighted by atomic mass is 32.2. The van der Waals surface area contributed by atoms with E-state index in [-0.39, 0.29) is 11.0 Å². The predicted octanol–water partition coefficient (Wildman–Crippen LogP) is 5.31. The second-order valence-electron chi connectivity index (χ2n) is 9.92. The van der Waals surface area contributed by atoms with Crippen LogP contribution < -0.4 is 0 Å². The topological polar surface area (TPSA) is 26.3 Å².